The van der Waals surface area contributed by atoms with Gasteiger partial charge in [-0.05, 0) is 18.2 Å². The van der Waals surface area contributed by atoms with E-state index >= 15 is 0 Å². The van der Waals surface area contributed by atoms with Gasteiger partial charge < -0.3 is 20.1 Å². The van der Waals surface area contributed by atoms with Crippen LogP contribution in [0.5, 0.6) is 0 Å². The molecule has 0 aromatic heterocycles. The second kappa shape index (κ2) is 8.28. The van der Waals surface area contributed by atoms with E-state index in [0.29, 0.717) is 25.4 Å². The summed E-state index contributed by atoms with van der Waals surface area (Å²) >= 11 is 5.77. The van der Waals surface area contributed by atoms with Crippen LogP contribution in [0.4, 0.5) is 10.5 Å². The topological polar surface area (TPSA) is 78.9 Å². The summed E-state index contributed by atoms with van der Waals surface area (Å²) in [4.78, 5) is 24.6. The van der Waals surface area contributed by atoms with Crippen molar-refractivity contribution in [3.63, 3.8) is 0 Å². The Morgan fingerprint density at radius 1 is 1.52 bits per heavy atom. The molecule has 0 aliphatic rings. The van der Waals surface area contributed by atoms with E-state index in [2.05, 4.69) is 11.9 Å². The third-order valence-electron chi connectivity index (χ3n) is 2.65. The van der Waals surface area contributed by atoms with Crippen molar-refractivity contribution in [2.45, 2.75) is 0 Å². The molecule has 21 heavy (non-hydrogen) atoms. The summed E-state index contributed by atoms with van der Waals surface area (Å²) in [7, 11) is 1.54. The lowest BCUT2D eigenvalue weighted by molar-refractivity contribution is 0.0697. The predicted molar refractivity (Wildman–Crippen MR) is 81.1 cm³/mol. The predicted octanol–water partition coefficient (Wildman–Crippen LogP) is 2.70. The zero-order chi connectivity index (χ0) is 15.8. The smallest absolute Gasteiger partial charge is 0.337 e. The van der Waals surface area contributed by atoms with Gasteiger partial charge in [-0.2, -0.15) is 0 Å². The Morgan fingerprint density at radius 3 is 2.81 bits per heavy atom. The van der Waals surface area contributed by atoms with Gasteiger partial charge in [-0.15, -0.1) is 6.58 Å². The highest BCUT2D eigenvalue weighted by atomic mass is 35.5. The normalized spacial score (nSPS) is 10.0. The number of carboxylic acids is 1. The van der Waals surface area contributed by atoms with Crippen LogP contribution in [0.1, 0.15) is 10.4 Å². The van der Waals surface area contributed by atoms with Crippen LogP contribution in [0.2, 0.25) is 5.02 Å². The summed E-state index contributed by atoms with van der Waals surface area (Å²) in [5.74, 6) is -1.15. The van der Waals surface area contributed by atoms with Crippen LogP contribution in [0.3, 0.4) is 0 Å². The average Bonchev–Trinajstić information content (AvgIpc) is 2.45. The van der Waals surface area contributed by atoms with E-state index in [0.717, 1.165) is 0 Å². The van der Waals surface area contributed by atoms with Crippen molar-refractivity contribution in [1.82, 2.24) is 4.90 Å². The molecule has 0 aliphatic carbocycles. The summed E-state index contributed by atoms with van der Waals surface area (Å²) in [5.41, 5.74) is 0.287. The van der Waals surface area contributed by atoms with Gasteiger partial charge in [-0.25, -0.2) is 9.59 Å². The first-order valence-corrected chi connectivity index (χ1v) is 6.56. The van der Waals surface area contributed by atoms with E-state index in [9.17, 15) is 9.59 Å². The fraction of sp³-hybridized carbons (Fsp3) is 0.286. The van der Waals surface area contributed by atoms with Gasteiger partial charge in [0.1, 0.15) is 0 Å². The van der Waals surface area contributed by atoms with Crippen molar-refractivity contribution in [3.8, 4) is 0 Å². The summed E-state index contributed by atoms with van der Waals surface area (Å²) in [6, 6.07) is 3.90. The maximum Gasteiger partial charge on any atom is 0.337 e. The molecular formula is C14H17ClN2O4. The number of hydrogen-bond acceptors (Lipinski definition) is 3. The van der Waals surface area contributed by atoms with Crippen LogP contribution in [-0.2, 0) is 4.74 Å². The molecule has 2 N–H and O–H groups in total. The third-order valence-corrected chi connectivity index (χ3v) is 2.98. The molecular weight excluding hydrogens is 296 g/mol. The van der Waals surface area contributed by atoms with Gasteiger partial charge in [-0.3, -0.25) is 0 Å². The van der Waals surface area contributed by atoms with E-state index in [4.69, 9.17) is 21.4 Å². The van der Waals surface area contributed by atoms with Crippen molar-refractivity contribution in [2.24, 2.45) is 0 Å². The Bertz CT molecular complexity index is 534. The number of nitrogens with zero attached hydrogens (tertiary/aromatic N) is 1. The number of carbonyl (C=O) groups excluding carboxylic acids is 1. The molecule has 2 amide bonds. The Labute approximate surface area is 128 Å². The number of carboxylic acid groups (broad SMARTS) is 1. The number of halogens is 1. The quantitative estimate of drug-likeness (QED) is 0.759. The van der Waals surface area contributed by atoms with E-state index < -0.39 is 5.97 Å². The van der Waals surface area contributed by atoms with Gasteiger partial charge in [0.15, 0.2) is 0 Å². The number of amides is 2. The molecule has 114 valence electrons. The van der Waals surface area contributed by atoms with Crippen LogP contribution in [0.25, 0.3) is 0 Å². The average molecular weight is 313 g/mol. The van der Waals surface area contributed by atoms with Crippen LogP contribution in [-0.4, -0.2) is 48.8 Å². The minimum atomic E-state index is -1.15. The van der Waals surface area contributed by atoms with Crippen molar-refractivity contribution in [1.29, 1.82) is 0 Å². The van der Waals surface area contributed by atoms with Crippen molar-refractivity contribution in [2.75, 3.05) is 32.1 Å². The molecule has 0 fully saturated rings. The zero-order valence-corrected chi connectivity index (χ0v) is 12.4. The molecule has 0 heterocycles. The first kappa shape index (κ1) is 17.0. The molecule has 7 heteroatoms. The number of hydrogen-bond donors (Lipinski definition) is 2. The number of rotatable bonds is 7. The Morgan fingerprint density at radius 2 is 2.24 bits per heavy atom. The fourth-order valence-corrected chi connectivity index (χ4v) is 1.80. The minimum absolute atomic E-state index is 0.0679. The van der Waals surface area contributed by atoms with Gasteiger partial charge in [0.05, 0.1) is 17.2 Å². The molecule has 0 spiro atoms. The lowest BCUT2D eigenvalue weighted by atomic mass is 10.2. The first-order chi connectivity index (χ1) is 9.99. The number of urea groups is 1. The van der Waals surface area contributed by atoms with Gasteiger partial charge in [0.2, 0.25) is 0 Å². The molecule has 6 nitrogen and oxygen atoms in total. The molecule has 0 radical (unpaired) electrons. The van der Waals surface area contributed by atoms with Gasteiger partial charge in [0, 0.05) is 25.9 Å². The molecule has 1 rings (SSSR count). The van der Waals surface area contributed by atoms with Crippen molar-refractivity contribution >= 4 is 29.3 Å². The highest BCUT2D eigenvalue weighted by Crippen LogP contribution is 2.20. The molecule has 0 saturated heterocycles. The molecule has 0 unspecified atom stereocenters. The van der Waals surface area contributed by atoms with Crippen molar-refractivity contribution < 1.29 is 19.4 Å². The maximum atomic E-state index is 12.1. The van der Waals surface area contributed by atoms with Crippen LogP contribution in [0, 0.1) is 0 Å². The molecule has 0 aliphatic heterocycles. The van der Waals surface area contributed by atoms with Crippen LogP contribution in [0.15, 0.2) is 30.9 Å². The van der Waals surface area contributed by atoms with Gasteiger partial charge in [-0.1, -0.05) is 17.7 Å². The molecule has 0 bridgehead atoms. The van der Waals surface area contributed by atoms with E-state index in [1.807, 2.05) is 0 Å². The Hall–Kier alpha value is -2.05. The molecule has 1 aromatic carbocycles. The lowest BCUT2D eigenvalue weighted by Gasteiger charge is -2.21. The Balaban J connectivity index is 2.82. The largest absolute Gasteiger partial charge is 0.478 e. The SMILES string of the molecule is C=CCN(CCOC)C(=O)Nc1ccc(Cl)c(C(=O)O)c1. The van der Waals surface area contributed by atoms with Crippen molar-refractivity contribution in [3.05, 3.63) is 41.4 Å². The number of ether oxygens (including phenoxy) is 1. The number of benzene rings is 1. The number of nitrogens with one attached hydrogen (secondary N) is 1. The minimum Gasteiger partial charge on any atom is -0.478 e. The van der Waals surface area contributed by atoms with Crippen LogP contribution < -0.4 is 5.32 Å². The van der Waals surface area contributed by atoms with Gasteiger partial charge >= 0.3 is 12.0 Å². The van der Waals surface area contributed by atoms with E-state index in [-0.39, 0.29) is 16.6 Å². The molecule has 0 saturated carbocycles. The van der Waals surface area contributed by atoms with Gasteiger partial charge in [0.25, 0.3) is 0 Å². The lowest BCUT2D eigenvalue weighted by Crippen LogP contribution is -2.37. The van der Waals surface area contributed by atoms with Crippen LogP contribution >= 0.6 is 11.6 Å². The number of methoxy groups -OCH3 is 1. The number of anilines is 1. The second-order valence-electron chi connectivity index (χ2n) is 4.16. The highest BCUT2D eigenvalue weighted by Gasteiger charge is 2.14. The first-order valence-electron chi connectivity index (χ1n) is 6.18. The Kier molecular flexibility index (Phi) is 6.71. The molecule has 1 aromatic rings. The fourth-order valence-electron chi connectivity index (χ4n) is 1.60. The molecule has 0 atom stereocenters. The summed E-state index contributed by atoms with van der Waals surface area (Å²) in [5, 5.41) is 11.7. The zero-order valence-electron chi connectivity index (χ0n) is 11.6. The number of carbonyl (C=O) groups is 2. The summed E-state index contributed by atoms with van der Waals surface area (Å²) in [6.45, 7) is 4.73. The highest BCUT2D eigenvalue weighted by molar-refractivity contribution is 6.33. The standard InChI is InChI=1S/C14H17ClN2O4/c1-3-6-17(7-8-21-2)14(20)16-10-4-5-12(15)11(9-10)13(18)19/h3-5,9H,1,6-8H2,2H3,(H,16,20)(H,18,19). The summed E-state index contributed by atoms with van der Waals surface area (Å²) < 4.78 is 4.93. The summed E-state index contributed by atoms with van der Waals surface area (Å²) in [6.07, 6.45) is 1.60. The van der Waals surface area contributed by atoms with E-state index in [1.165, 1.54) is 23.1 Å². The van der Waals surface area contributed by atoms with E-state index in [1.54, 1.807) is 13.2 Å². The third kappa shape index (κ3) is 5.09. The number of aromatic carboxylic acids is 1. The monoisotopic (exact) mass is 312 g/mol. The maximum absolute atomic E-state index is 12.1. The second-order valence-corrected chi connectivity index (χ2v) is 4.56.